The van der Waals surface area contributed by atoms with Crippen LogP contribution >= 0.6 is 11.8 Å². The lowest BCUT2D eigenvalue weighted by molar-refractivity contribution is -0.115. The van der Waals surface area contributed by atoms with Crippen LogP contribution in [0.25, 0.3) is 17.0 Å². The fourth-order valence-electron chi connectivity index (χ4n) is 1.98. The fraction of sp³-hybridized carbons (Fsp3) is 0.188. The van der Waals surface area contributed by atoms with Gasteiger partial charge in [-0.3, -0.25) is 19.9 Å². The van der Waals surface area contributed by atoms with Crippen molar-refractivity contribution in [3.05, 3.63) is 34.7 Å². The molecule has 0 spiro atoms. The van der Waals surface area contributed by atoms with Gasteiger partial charge in [0.1, 0.15) is 5.76 Å². The van der Waals surface area contributed by atoms with Crippen LogP contribution in [0.5, 0.6) is 0 Å². The van der Waals surface area contributed by atoms with Gasteiger partial charge in [0.05, 0.1) is 10.5 Å². The van der Waals surface area contributed by atoms with Gasteiger partial charge in [0.25, 0.3) is 11.1 Å². The predicted molar refractivity (Wildman–Crippen MR) is 84.9 cm³/mol. The number of aromatic nitrogens is 1. The Morgan fingerprint density at radius 2 is 2.27 bits per heavy atom. The molecule has 3 rings (SSSR count). The van der Waals surface area contributed by atoms with Crippen molar-refractivity contribution in [2.24, 2.45) is 0 Å². The number of amides is 2. The summed E-state index contributed by atoms with van der Waals surface area (Å²) in [6, 6.07) is 1.77. The molecule has 0 bridgehead atoms. The van der Waals surface area contributed by atoms with Crippen molar-refractivity contribution >= 4 is 40.0 Å². The van der Waals surface area contributed by atoms with E-state index < -0.39 is 5.91 Å². The van der Waals surface area contributed by atoms with Crippen molar-refractivity contribution in [2.75, 3.05) is 0 Å². The lowest BCUT2D eigenvalue weighted by atomic mass is 10.2. The first-order valence-electron chi connectivity index (χ1n) is 6.78. The highest BCUT2D eigenvalue weighted by molar-refractivity contribution is 8.18. The monoisotopic (exact) mass is 312 g/mol. The zero-order chi connectivity index (χ0) is 15.5. The molecule has 2 aromatic heterocycles. The molecule has 1 N–H and O–H groups in total. The second kappa shape index (κ2) is 6.08. The Labute approximate surface area is 131 Å². The van der Waals surface area contributed by atoms with Crippen molar-refractivity contribution in [3.8, 4) is 11.8 Å². The van der Waals surface area contributed by atoms with Crippen molar-refractivity contribution in [1.29, 1.82) is 0 Å². The number of unbranched alkanes of at least 4 members (excludes halogenated alkanes) is 1. The van der Waals surface area contributed by atoms with Gasteiger partial charge in [-0.2, -0.15) is 0 Å². The number of fused-ring (bicyclic) bond motifs is 1. The number of furan rings is 1. The normalized spacial score (nSPS) is 16.0. The average Bonchev–Trinajstić information content (AvgIpc) is 3.03. The molecule has 1 saturated heterocycles. The van der Waals surface area contributed by atoms with E-state index in [-0.39, 0.29) is 5.24 Å². The van der Waals surface area contributed by atoms with Gasteiger partial charge in [-0.25, -0.2) is 0 Å². The van der Waals surface area contributed by atoms with Crippen LogP contribution in [0, 0.1) is 11.8 Å². The maximum atomic E-state index is 11.5. The van der Waals surface area contributed by atoms with Gasteiger partial charge in [-0.1, -0.05) is 18.8 Å². The molecule has 0 saturated carbocycles. The molecule has 2 amide bonds. The van der Waals surface area contributed by atoms with E-state index in [0.29, 0.717) is 16.2 Å². The molecule has 1 aliphatic rings. The summed E-state index contributed by atoms with van der Waals surface area (Å²) in [5, 5.41) is 2.64. The van der Waals surface area contributed by atoms with E-state index in [1.54, 1.807) is 24.5 Å². The van der Waals surface area contributed by atoms with Gasteiger partial charge >= 0.3 is 0 Å². The molecule has 6 heteroatoms. The van der Waals surface area contributed by atoms with Crippen LogP contribution in [-0.2, 0) is 4.79 Å². The minimum absolute atomic E-state index is 0.315. The molecule has 0 atom stereocenters. The van der Waals surface area contributed by atoms with Crippen LogP contribution < -0.4 is 5.32 Å². The molecule has 0 aromatic carbocycles. The molecule has 0 unspecified atom stereocenters. The average molecular weight is 312 g/mol. The topological polar surface area (TPSA) is 72.2 Å². The van der Waals surface area contributed by atoms with Crippen molar-refractivity contribution in [1.82, 2.24) is 10.3 Å². The fourth-order valence-corrected chi connectivity index (χ4v) is 2.64. The molecular formula is C16H12N2O3S. The molecule has 1 aliphatic heterocycles. The minimum atomic E-state index is -0.406. The van der Waals surface area contributed by atoms with Crippen LogP contribution in [0.4, 0.5) is 4.79 Å². The van der Waals surface area contributed by atoms with Crippen LogP contribution in [0.3, 0.4) is 0 Å². The number of pyridine rings is 1. The zero-order valence-corrected chi connectivity index (χ0v) is 12.6. The van der Waals surface area contributed by atoms with Gasteiger partial charge in [0.15, 0.2) is 5.58 Å². The van der Waals surface area contributed by atoms with E-state index in [4.69, 9.17) is 4.42 Å². The Bertz CT molecular complexity index is 855. The number of nitrogens with zero attached hydrogens (tertiary/aromatic N) is 1. The third-order valence-electron chi connectivity index (χ3n) is 2.96. The lowest BCUT2D eigenvalue weighted by Crippen LogP contribution is -2.17. The zero-order valence-electron chi connectivity index (χ0n) is 11.8. The third-order valence-corrected chi connectivity index (χ3v) is 3.77. The number of rotatable bonds is 2. The second-order valence-electron chi connectivity index (χ2n) is 4.66. The van der Waals surface area contributed by atoms with Gasteiger partial charge < -0.3 is 4.42 Å². The number of carbonyl (C=O) groups excluding carboxylic acids is 2. The van der Waals surface area contributed by atoms with E-state index in [1.165, 1.54) is 0 Å². The Balaban J connectivity index is 1.99. The SMILES string of the molecule is CCCC#Cc1cncc2cc(C=C3SC(=O)NC3=O)oc12. The predicted octanol–water partition coefficient (Wildman–Crippen LogP) is 3.30. The van der Waals surface area contributed by atoms with Crippen LogP contribution in [0.1, 0.15) is 31.1 Å². The van der Waals surface area contributed by atoms with Crippen molar-refractivity contribution in [3.63, 3.8) is 0 Å². The Hall–Kier alpha value is -2.52. The largest absolute Gasteiger partial charge is 0.455 e. The maximum Gasteiger partial charge on any atom is 0.290 e. The minimum Gasteiger partial charge on any atom is -0.455 e. The highest BCUT2D eigenvalue weighted by Gasteiger charge is 2.25. The third kappa shape index (κ3) is 2.90. The number of hydrogen-bond acceptors (Lipinski definition) is 5. The summed E-state index contributed by atoms with van der Waals surface area (Å²) < 4.78 is 5.75. The van der Waals surface area contributed by atoms with Gasteiger partial charge in [0, 0.05) is 30.3 Å². The number of carbonyl (C=O) groups is 2. The molecule has 1 fully saturated rings. The van der Waals surface area contributed by atoms with E-state index in [1.807, 2.05) is 0 Å². The molecule has 22 heavy (non-hydrogen) atoms. The highest BCUT2D eigenvalue weighted by atomic mass is 32.2. The molecule has 0 radical (unpaired) electrons. The summed E-state index contributed by atoms with van der Waals surface area (Å²) in [5.41, 5.74) is 1.36. The summed E-state index contributed by atoms with van der Waals surface area (Å²) in [6.07, 6.45) is 6.69. The Morgan fingerprint density at radius 3 is 3.00 bits per heavy atom. The van der Waals surface area contributed by atoms with E-state index in [9.17, 15) is 9.59 Å². The molecule has 110 valence electrons. The quantitative estimate of drug-likeness (QED) is 0.680. The summed E-state index contributed by atoms with van der Waals surface area (Å²) in [4.78, 5) is 27.2. The number of hydrogen-bond donors (Lipinski definition) is 1. The van der Waals surface area contributed by atoms with Gasteiger partial charge in [-0.15, -0.1) is 0 Å². The van der Waals surface area contributed by atoms with Gasteiger partial charge in [-0.05, 0) is 24.2 Å². The Morgan fingerprint density at radius 1 is 1.41 bits per heavy atom. The van der Waals surface area contributed by atoms with Crippen LogP contribution in [0.15, 0.2) is 27.8 Å². The first kappa shape index (κ1) is 14.4. The molecule has 2 aromatic rings. The number of imide groups is 1. The molecular weight excluding hydrogens is 300 g/mol. The lowest BCUT2D eigenvalue weighted by Gasteiger charge is -1.92. The summed E-state index contributed by atoms with van der Waals surface area (Å²) >= 11 is 0.857. The standard InChI is InChI=1S/C16H12N2O3S/c1-2-3-4-5-10-8-17-9-11-6-12(21-14(10)11)7-13-15(19)18-16(20)22-13/h6-9H,2-3H2,1H3,(H,18,19,20). The van der Waals surface area contributed by atoms with E-state index >= 15 is 0 Å². The summed E-state index contributed by atoms with van der Waals surface area (Å²) in [6.45, 7) is 2.07. The second-order valence-corrected chi connectivity index (χ2v) is 5.67. The number of thioether (sulfide) groups is 1. The smallest absolute Gasteiger partial charge is 0.290 e. The van der Waals surface area contributed by atoms with Crippen molar-refractivity contribution in [2.45, 2.75) is 19.8 Å². The van der Waals surface area contributed by atoms with Crippen LogP contribution in [0.2, 0.25) is 0 Å². The Kier molecular flexibility index (Phi) is 3.98. The molecule has 5 nitrogen and oxygen atoms in total. The molecule has 0 aliphatic carbocycles. The van der Waals surface area contributed by atoms with Crippen LogP contribution in [-0.4, -0.2) is 16.1 Å². The first-order chi connectivity index (χ1) is 10.7. The maximum absolute atomic E-state index is 11.5. The first-order valence-corrected chi connectivity index (χ1v) is 7.60. The van der Waals surface area contributed by atoms with Gasteiger partial charge in [0.2, 0.25) is 0 Å². The highest BCUT2D eigenvalue weighted by Crippen LogP contribution is 2.28. The van der Waals surface area contributed by atoms with Crippen molar-refractivity contribution < 1.29 is 14.0 Å². The summed E-state index contributed by atoms with van der Waals surface area (Å²) in [5.74, 6) is 6.19. The van der Waals surface area contributed by atoms with E-state index in [2.05, 4.69) is 29.1 Å². The summed E-state index contributed by atoms with van der Waals surface area (Å²) in [7, 11) is 0. The number of nitrogens with one attached hydrogen (secondary N) is 1. The molecule has 3 heterocycles. The van der Waals surface area contributed by atoms with E-state index in [0.717, 1.165) is 35.6 Å².